The lowest BCUT2D eigenvalue weighted by molar-refractivity contribution is -0.175. The Bertz CT molecular complexity index is 578. The molecule has 1 aromatic heterocycles. The van der Waals surface area contributed by atoms with Gasteiger partial charge in [0.05, 0.1) is 11.8 Å². The van der Waals surface area contributed by atoms with Gasteiger partial charge in [0.15, 0.2) is 0 Å². The van der Waals surface area contributed by atoms with Crippen LogP contribution in [0.25, 0.3) is 0 Å². The van der Waals surface area contributed by atoms with Crippen molar-refractivity contribution in [2.45, 2.75) is 18.3 Å². The van der Waals surface area contributed by atoms with Crippen LogP contribution in [-0.4, -0.2) is 45.9 Å². The third-order valence-corrected chi connectivity index (χ3v) is 4.21. The SMILES string of the molecule is O=C(c1cn[nH]c1Br)N1CCC(C2(C(F)(F)F)N=N2)C1. The molecular weight excluding hydrogens is 343 g/mol. The highest BCUT2D eigenvalue weighted by molar-refractivity contribution is 9.10. The molecule has 20 heavy (non-hydrogen) atoms. The molecule has 3 rings (SSSR count). The van der Waals surface area contributed by atoms with E-state index in [0.717, 1.165) is 0 Å². The van der Waals surface area contributed by atoms with E-state index in [1.165, 1.54) is 11.1 Å². The normalized spacial score (nSPS) is 24.2. The number of aromatic nitrogens is 2. The number of nitrogens with one attached hydrogen (secondary N) is 1. The maximum atomic E-state index is 12.9. The van der Waals surface area contributed by atoms with E-state index in [-0.39, 0.29) is 25.4 Å². The summed E-state index contributed by atoms with van der Waals surface area (Å²) in [5, 5.41) is 12.6. The number of nitrogens with zero attached hydrogens (tertiary/aromatic N) is 4. The number of alkyl halides is 3. The van der Waals surface area contributed by atoms with Gasteiger partial charge >= 0.3 is 6.18 Å². The Kier molecular flexibility index (Phi) is 2.89. The summed E-state index contributed by atoms with van der Waals surface area (Å²) in [6.45, 7) is 0.243. The lowest BCUT2D eigenvalue weighted by Gasteiger charge is -2.21. The minimum Gasteiger partial charge on any atom is -0.338 e. The van der Waals surface area contributed by atoms with Gasteiger partial charge < -0.3 is 4.90 Å². The quantitative estimate of drug-likeness (QED) is 0.888. The molecule has 1 atom stereocenters. The Morgan fingerprint density at radius 2 is 2.20 bits per heavy atom. The van der Waals surface area contributed by atoms with Crippen LogP contribution in [0.5, 0.6) is 0 Å². The highest BCUT2D eigenvalue weighted by Gasteiger charge is 2.69. The van der Waals surface area contributed by atoms with Crippen molar-refractivity contribution in [2.24, 2.45) is 16.1 Å². The van der Waals surface area contributed by atoms with Crippen LogP contribution in [0.3, 0.4) is 0 Å². The first-order valence-electron chi connectivity index (χ1n) is 5.84. The van der Waals surface area contributed by atoms with Crippen LogP contribution in [0.1, 0.15) is 16.8 Å². The van der Waals surface area contributed by atoms with Gasteiger partial charge in [-0.15, -0.1) is 10.2 Å². The fourth-order valence-electron chi connectivity index (χ4n) is 2.43. The molecule has 108 valence electrons. The molecule has 0 bridgehead atoms. The molecule has 1 fully saturated rings. The number of halogens is 4. The summed E-state index contributed by atoms with van der Waals surface area (Å²) in [7, 11) is 0. The summed E-state index contributed by atoms with van der Waals surface area (Å²) in [6, 6.07) is 0. The Morgan fingerprint density at radius 1 is 1.50 bits per heavy atom. The van der Waals surface area contributed by atoms with E-state index >= 15 is 0 Å². The first-order valence-corrected chi connectivity index (χ1v) is 6.63. The zero-order valence-electron chi connectivity index (χ0n) is 9.98. The molecule has 0 aromatic carbocycles. The van der Waals surface area contributed by atoms with Crippen LogP contribution in [0, 0.1) is 5.92 Å². The molecule has 10 heteroatoms. The van der Waals surface area contributed by atoms with Gasteiger partial charge in [-0.3, -0.25) is 9.89 Å². The average Bonchev–Trinajstić information content (AvgIpc) is 2.87. The Morgan fingerprint density at radius 3 is 2.70 bits per heavy atom. The molecule has 1 saturated heterocycles. The third-order valence-electron chi connectivity index (χ3n) is 3.60. The summed E-state index contributed by atoms with van der Waals surface area (Å²) in [4.78, 5) is 13.5. The Hall–Kier alpha value is -1.45. The number of amides is 1. The van der Waals surface area contributed by atoms with Crippen molar-refractivity contribution in [1.29, 1.82) is 0 Å². The van der Waals surface area contributed by atoms with E-state index < -0.39 is 17.8 Å². The molecule has 2 aliphatic rings. The summed E-state index contributed by atoms with van der Waals surface area (Å²) < 4.78 is 39.1. The molecule has 1 unspecified atom stereocenters. The zero-order valence-corrected chi connectivity index (χ0v) is 11.6. The number of carbonyl (C=O) groups excluding carboxylic acids is 1. The zero-order chi connectivity index (χ0) is 14.5. The standard InChI is InChI=1S/C10H9BrF3N5O/c11-7-6(3-15-16-7)8(20)19-2-1-5(4-19)9(17-18-9)10(12,13)14/h3,5H,1-2,4H2,(H,15,16). The number of hydrogen-bond donors (Lipinski definition) is 1. The molecule has 2 aliphatic heterocycles. The number of likely N-dealkylation sites (tertiary alicyclic amines) is 1. The highest BCUT2D eigenvalue weighted by Crippen LogP contribution is 2.52. The van der Waals surface area contributed by atoms with Crippen molar-refractivity contribution < 1.29 is 18.0 Å². The maximum absolute atomic E-state index is 12.9. The van der Waals surface area contributed by atoms with Gasteiger partial charge in [0, 0.05) is 19.0 Å². The second kappa shape index (κ2) is 4.27. The van der Waals surface area contributed by atoms with E-state index in [1.807, 2.05) is 0 Å². The molecule has 6 nitrogen and oxygen atoms in total. The van der Waals surface area contributed by atoms with Crippen molar-refractivity contribution in [2.75, 3.05) is 13.1 Å². The predicted octanol–water partition coefficient (Wildman–Crippen LogP) is 2.36. The van der Waals surface area contributed by atoms with E-state index in [0.29, 0.717) is 10.2 Å². The van der Waals surface area contributed by atoms with Gasteiger partial charge in [-0.2, -0.15) is 18.3 Å². The summed E-state index contributed by atoms with van der Waals surface area (Å²) >= 11 is 3.13. The molecule has 1 amide bonds. The van der Waals surface area contributed by atoms with Crippen molar-refractivity contribution in [3.05, 3.63) is 16.4 Å². The molecule has 0 aliphatic carbocycles. The number of H-pyrrole nitrogens is 1. The fraction of sp³-hybridized carbons (Fsp3) is 0.600. The molecule has 1 aromatic rings. The van der Waals surface area contributed by atoms with Crippen LogP contribution in [-0.2, 0) is 0 Å². The molecule has 0 saturated carbocycles. The largest absolute Gasteiger partial charge is 0.438 e. The predicted molar refractivity (Wildman–Crippen MR) is 63.9 cm³/mol. The van der Waals surface area contributed by atoms with Crippen molar-refractivity contribution >= 4 is 21.8 Å². The minimum atomic E-state index is -4.49. The van der Waals surface area contributed by atoms with Crippen LogP contribution >= 0.6 is 15.9 Å². The van der Waals surface area contributed by atoms with Gasteiger partial charge in [-0.05, 0) is 22.4 Å². The van der Waals surface area contributed by atoms with Gasteiger partial charge in [-0.25, -0.2) is 0 Å². The van der Waals surface area contributed by atoms with Crippen LogP contribution in [0.4, 0.5) is 13.2 Å². The number of rotatable bonds is 2. The summed E-state index contributed by atoms with van der Waals surface area (Å²) in [6.07, 6.45) is -2.92. The lowest BCUT2D eigenvalue weighted by atomic mass is 9.95. The smallest absolute Gasteiger partial charge is 0.338 e. The minimum absolute atomic E-state index is 0.0109. The van der Waals surface area contributed by atoms with E-state index in [1.54, 1.807) is 0 Å². The van der Waals surface area contributed by atoms with Gasteiger partial charge in [0.1, 0.15) is 4.60 Å². The van der Waals surface area contributed by atoms with E-state index in [4.69, 9.17) is 0 Å². The lowest BCUT2D eigenvalue weighted by Crippen LogP contribution is -2.42. The van der Waals surface area contributed by atoms with Crippen LogP contribution < -0.4 is 0 Å². The topological polar surface area (TPSA) is 73.7 Å². The molecule has 3 heterocycles. The fourth-order valence-corrected chi connectivity index (χ4v) is 2.80. The van der Waals surface area contributed by atoms with E-state index in [9.17, 15) is 18.0 Å². The van der Waals surface area contributed by atoms with Crippen LogP contribution in [0.15, 0.2) is 21.0 Å². The summed E-state index contributed by atoms with van der Waals surface area (Å²) in [5.74, 6) is -1.16. The van der Waals surface area contributed by atoms with Crippen LogP contribution in [0.2, 0.25) is 0 Å². The average molecular weight is 352 g/mol. The molecule has 0 radical (unpaired) electrons. The first-order chi connectivity index (χ1) is 9.35. The van der Waals surface area contributed by atoms with Gasteiger partial charge in [0.25, 0.3) is 11.6 Å². The second-order valence-corrected chi connectivity index (χ2v) is 5.55. The monoisotopic (exact) mass is 351 g/mol. The maximum Gasteiger partial charge on any atom is 0.438 e. The first kappa shape index (κ1) is 13.5. The van der Waals surface area contributed by atoms with Crippen molar-refractivity contribution in [1.82, 2.24) is 15.1 Å². The molecular formula is C10H9BrF3N5O. The van der Waals surface area contributed by atoms with Crippen molar-refractivity contribution in [3.63, 3.8) is 0 Å². The second-order valence-electron chi connectivity index (χ2n) is 4.76. The molecule has 0 spiro atoms. The Labute approximate surface area is 119 Å². The number of hydrogen-bond acceptors (Lipinski definition) is 4. The van der Waals surface area contributed by atoms with E-state index in [2.05, 4.69) is 36.4 Å². The van der Waals surface area contributed by atoms with Gasteiger partial charge in [0.2, 0.25) is 0 Å². The third kappa shape index (κ3) is 1.93. The molecule has 1 N–H and O–H groups in total. The summed E-state index contributed by atoms with van der Waals surface area (Å²) in [5.41, 5.74) is -1.99. The van der Waals surface area contributed by atoms with Crippen molar-refractivity contribution in [3.8, 4) is 0 Å². The Balaban J connectivity index is 1.72. The number of carbonyl (C=O) groups is 1. The highest BCUT2D eigenvalue weighted by atomic mass is 79.9. The number of aromatic amines is 1. The van der Waals surface area contributed by atoms with Gasteiger partial charge in [-0.1, -0.05) is 0 Å².